The van der Waals surface area contributed by atoms with E-state index in [1.54, 1.807) is 6.20 Å². The third kappa shape index (κ3) is 3.32. The number of benzene rings is 1. The number of nitrogens with one attached hydrogen (secondary N) is 2. The molecule has 1 saturated heterocycles. The van der Waals surface area contributed by atoms with Crippen LogP contribution in [0.1, 0.15) is 17.0 Å². The average Bonchev–Trinajstić information content (AvgIpc) is 3.35. The fourth-order valence-corrected chi connectivity index (χ4v) is 2.90. The van der Waals surface area contributed by atoms with E-state index in [0.29, 0.717) is 12.5 Å². The van der Waals surface area contributed by atoms with Crippen LogP contribution in [0.2, 0.25) is 0 Å². The number of hydrogen-bond donors (Lipinski definition) is 2. The van der Waals surface area contributed by atoms with Gasteiger partial charge < -0.3 is 10.2 Å². The molecule has 1 amide bonds. The van der Waals surface area contributed by atoms with Gasteiger partial charge >= 0.3 is 0 Å². The molecule has 1 fully saturated rings. The molecule has 1 unspecified atom stereocenters. The largest absolute Gasteiger partial charge is 0.345 e. The molecule has 0 radical (unpaired) electrons. The monoisotopic (exact) mass is 335 g/mol. The van der Waals surface area contributed by atoms with E-state index in [1.165, 1.54) is 6.33 Å². The van der Waals surface area contributed by atoms with Gasteiger partial charge in [0.25, 0.3) is 5.91 Å². The number of H-pyrrole nitrogens is 1. The lowest BCUT2D eigenvalue weighted by molar-refractivity contribution is 0.0930. The van der Waals surface area contributed by atoms with Crippen LogP contribution < -0.4 is 10.2 Å². The Kier molecular flexibility index (Phi) is 4.07. The highest BCUT2D eigenvalue weighted by Crippen LogP contribution is 2.21. The number of hydrogen-bond acceptors (Lipinski definition) is 6. The van der Waals surface area contributed by atoms with Gasteiger partial charge in [-0.2, -0.15) is 5.10 Å². The molecule has 0 aliphatic carbocycles. The zero-order chi connectivity index (χ0) is 17.1. The standard InChI is InChI=1S/C17H17N7O/c25-16(15-19-11-20-23-15)21-13-7-9-24(10-13)17-18-8-6-14(22-17)12-4-2-1-3-5-12/h1-6,8,11,13H,7,9-10H2,(H,21,25)(H,19,20,23). The molecule has 126 valence electrons. The number of aromatic nitrogens is 5. The maximum atomic E-state index is 12.0. The van der Waals surface area contributed by atoms with Crippen molar-refractivity contribution < 1.29 is 4.79 Å². The number of carbonyl (C=O) groups excluding carboxylic acids is 1. The number of carbonyl (C=O) groups is 1. The summed E-state index contributed by atoms with van der Waals surface area (Å²) in [6.07, 6.45) is 3.92. The minimum absolute atomic E-state index is 0.0292. The van der Waals surface area contributed by atoms with Gasteiger partial charge in [-0.3, -0.25) is 9.89 Å². The highest BCUT2D eigenvalue weighted by Gasteiger charge is 2.26. The second-order valence-electron chi connectivity index (χ2n) is 5.85. The van der Waals surface area contributed by atoms with Crippen LogP contribution in [0.25, 0.3) is 11.3 Å². The van der Waals surface area contributed by atoms with Crippen LogP contribution in [0.3, 0.4) is 0 Å². The van der Waals surface area contributed by atoms with Crippen molar-refractivity contribution in [2.75, 3.05) is 18.0 Å². The number of rotatable bonds is 4. The fraction of sp³-hybridized carbons (Fsp3) is 0.235. The number of aromatic amines is 1. The summed E-state index contributed by atoms with van der Waals surface area (Å²) in [5.74, 6) is 0.654. The maximum Gasteiger partial charge on any atom is 0.288 e. The summed E-state index contributed by atoms with van der Waals surface area (Å²) in [5, 5.41) is 9.22. The number of anilines is 1. The summed E-state index contributed by atoms with van der Waals surface area (Å²) in [5.41, 5.74) is 1.94. The Labute approximate surface area is 144 Å². The molecule has 0 bridgehead atoms. The minimum Gasteiger partial charge on any atom is -0.345 e. The van der Waals surface area contributed by atoms with Gasteiger partial charge in [0.2, 0.25) is 11.8 Å². The van der Waals surface area contributed by atoms with E-state index in [-0.39, 0.29) is 17.8 Å². The van der Waals surface area contributed by atoms with E-state index in [1.807, 2.05) is 36.4 Å². The van der Waals surface area contributed by atoms with Gasteiger partial charge in [0.1, 0.15) is 6.33 Å². The summed E-state index contributed by atoms with van der Waals surface area (Å²) in [7, 11) is 0. The highest BCUT2D eigenvalue weighted by molar-refractivity contribution is 5.90. The average molecular weight is 335 g/mol. The van der Waals surface area contributed by atoms with Crippen LogP contribution in [-0.4, -0.2) is 50.2 Å². The number of nitrogens with zero attached hydrogens (tertiary/aromatic N) is 5. The highest BCUT2D eigenvalue weighted by atomic mass is 16.2. The van der Waals surface area contributed by atoms with Gasteiger partial charge in [-0.25, -0.2) is 15.0 Å². The molecular weight excluding hydrogens is 318 g/mol. The van der Waals surface area contributed by atoms with Gasteiger partial charge in [-0.1, -0.05) is 30.3 Å². The predicted octanol–water partition coefficient (Wildman–Crippen LogP) is 1.27. The zero-order valence-corrected chi connectivity index (χ0v) is 13.5. The molecule has 1 aliphatic rings. The molecular formula is C17H17N7O. The second kappa shape index (κ2) is 6.68. The third-order valence-electron chi connectivity index (χ3n) is 4.15. The van der Waals surface area contributed by atoms with E-state index < -0.39 is 0 Å². The summed E-state index contributed by atoms with van der Waals surface area (Å²) >= 11 is 0. The van der Waals surface area contributed by atoms with Crippen molar-refractivity contribution in [3.8, 4) is 11.3 Å². The Morgan fingerprint density at radius 3 is 2.88 bits per heavy atom. The Bertz CT molecular complexity index is 850. The fourth-order valence-electron chi connectivity index (χ4n) is 2.90. The van der Waals surface area contributed by atoms with E-state index in [2.05, 4.69) is 35.4 Å². The van der Waals surface area contributed by atoms with Crippen molar-refractivity contribution in [3.05, 3.63) is 54.7 Å². The van der Waals surface area contributed by atoms with Crippen molar-refractivity contribution in [2.45, 2.75) is 12.5 Å². The van der Waals surface area contributed by atoms with E-state index in [4.69, 9.17) is 0 Å². The summed E-state index contributed by atoms with van der Waals surface area (Å²) < 4.78 is 0. The topological polar surface area (TPSA) is 99.7 Å². The van der Waals surface area contributed by atoms with Crippen molar-refractivity contribution >= 4 is 11.9 Å². The Balaban J connectivity index is 1.44. The summed E-state index contributed by atoms with van der Waals surface area (Å²) in [6.45, 7) is 1.46. The van der Waals surface area contributed by atoms with Gasteiger partial charge in [0.15, 0.2) is 0 Å². The van der Waals surface area contributed by atoms with Crippen LogP contribution >= 0.6 is 0 Å². The molecule has 0 spiro atoms. The lowest BCUT2D eigenvalue weighted by atomic mass is 10.1. The van der Waals surface area contributed by atoms with Crippen LogP contribution in [-0.2, 0) is 0 Å². The SMILES string of the molecule is O=C(NC1CCN(c2nccc(-c3ccccc3)n2)C1)c1ncn[nH]1. The summed E-state index contributed by atoms with van der Waals surface area (Å²) in [4.78, 5) is 27.0. The number of amides is 1. The molecule has 3 heterocycles. The van der Waals surface area contributed by atoms with Crippen LogP contribution in [0.15, 0.2) is 48.9 Å². The Morgan fingerprint density at radius 1 is 1.20 bits per heavy atom. The molecule has 25 heavy (non-hydrogen) atoms. The Hall–Kier alpha value is -3.29. The van der Waals surface area contributed by atoms with Crippen LogP contribution in [0.5, 0.6) is 0 Å². The molecule has 0 saturated carbocycles. The first-order valence-electron chi connectivity index (χ1n) is 8.09. The molecule has 3 aromatic rings. The normalized spacial score (nSPS) is 16.8. The molecule has 8 heteroatoms. The quantitative estimate of drug-likeness (QED) is 0.745. The minimum atomic E-state index is -0.247. The zero-order valence-electron chi connectivity index (χ0n) is 13.5. The van der Waals surface area contributed by atoms with Gasteiger partial charge in [0.05, 0.1) is 5.69 Å². The molecule has 2 N–H and O–H groups in total. The van der Waals surface area contributed by atoms with Crippen molar-refractivity contribution in [1.29, 1.82) is 0 Å². The predicted molar refractivity (Wildman–Crippen MR) is 91.9 cm³/mol. The molecule has 1 aliphatic heterocycles. The first kappa shape index (κ1) is 15.3. The van der Waals surface area contributed by atoms with Crippen molar-refractivity contribution in [1.82, 2.24) is 30.5 Å². The van der Waals surface area contributed by atoms with E-state index >= 15 is 0 Å². The second-order valence-corrected chi connectivity index (χ2v) is 5.85. The smallest absolute Gasteiger partial charge is 0.288 e. The van der Waals surface area contributed by atoms with E-state index in [9.17, 15) is 4.79 Å². The van der Waals surface area contributed by atoms with Gasteiger partial charge in [0, 0.05) is 30.9 Å². The Morgan fingerprint density at radius 2 is 2.08 bits per heavy atom. The van der Waals surface area contributed by atoms with Gasteiger partial charge in [-0.05, 0) is 12.5 Å². The molecule has 1 aromatic carbocycles. The first-order chi connectivity index (χ1) is 12.3. The first-order valence-corrected chi connectivity index (χ1v) is 8.09. The van der Waals surface area contributed by atoms with E-state index in [0.717, 1.165) is 24.2 Å². The lowest BCUT2D eigenvalue weighted by Gasteiger charge is -2.17. The van der Waals surface area contributed by atoms with Crippen LogP contribution in [0, 0.1) is 0 Å². The van der Waals surface area contributed by atoms with Crippen LogP contribution in [0.4, 0.5) is 5.95 Å². The molecule has 2 aromatic heterocycles. The molecule has 1 atom stereocenters. The molecule has 4 rings (SSSR count). The molecule has 8 nitrogen and oxygen atoms in total. The third-order valence-corrected chi connectivity index (χ3v) is 4.15. The van der Waals surface area contributed by atoms with Gasteiger partial charge in [-0.15, -0.1) is 0 Å². The maximum absolute atomic E-state index is 12.0. The lowest BCUT2D eigenvalue weighted by Crippen LogP contribution is -2.37. The van der Waals surface area contributed by atoms with Crippen molar-refractivity contribution in [2.24, 2.45) is 0 Å². The van der Waals surface area contributed by atoms with Crippen molar-refractivity contribution in [3.63, 3.8) is 0 Å². The summed E-state index contributed by atoms with van der Waals surface area (Å²) in [6, 6.07) is 11.9.